The molecule has 136 valence electrons. The maximum absolute atomic E-state index is 12.5. The van der Waals surface area contributed by atoms with Crippen LogP contribution in [0.15, 0.2) is 48.7 Å². The van der Waals surface area contributed by atoms with Crippen LogP contribution in [-0.4, -0.2) is 45.9 Å². The van der Waals surface area contributed by atoms with Crippen molar-refractivity contribution in [2.45, 2.75) is 11.7 Å². The quantitative estimate of drug-likeness (QED) is 0.433. The van der Waals surface area contributed by atoms with Gasteiger partial charge in [-0.1, -0.05) is 18.2 Å². The number of rotatable bonds is 4. The Morgan fingerprint density at radius 1 is 1.23 bits per heavy atom. The van der Waals surface area contributed by atoms with Gasteiger partial charge in [0.25, 0.3) is 5.91 Å². The number of para-hydroxylation sites is 1. The Bertz CT molecular complexity index is 754. The van der Waals surface area contributed by atoms with Crippen molar-refractivity contribution in [3.05, 3.63) is 59.9 Å². The van der Waals surface area contributed by atoms with E-state index in [9.17, 15) is 9.59 Å². The van der Waals surface area contributed by atoms with E-state index >= 15 is 0 Å². The number of anilines is 1. The summed E-state index contributed by atoms with van der Waals surface area (Å²) in [4.78, 5) is 30.1. The molecular formula is C18H21N5O2S. The summed E-state index contributed by atoms with van der Waals surface area (Å²) in [5.74, 6) is 5.64. The molecule has 1 aliphatic rings. The topological polar surface area (TPSA) is 100 Å². The molecule has 7 nitrogen and oxygen atoms in total. The number of nitrogens with one attached hydrogen (secondary N) is 2. The van der Waals surface area contributed by atoms with Crippen molar-refractivity contribution in [3.63, 3.8) is 0 Å². The molecule has 0 saturated carbocycles. The minimum absolute atomic E-state index is 0.0792. The molecule has 26 heavy (non-hydrogen) atoms. The molecule has 1 aromatic heterocycles. The summed E-state index contributed by atoms with van der Waals surface area (Å²) in [7, 11) is 0. The Morgan fingerprint density at radius 2 is 2.04 bits per heavy atom. The Hall–Kier alpha value is -2.58. The van der Waals surface area contributed by atoms with Crippen LogP contribution in [0.4, 0.5) is 10.5 Å². The summed E-state index contributed by atoms with van der Waals surface area (Å²) < 4.78 is 0. The highest BCUT2D eigenvalue weighted by Crippen LogP contribution is 2.22. The number of hydrogen-bond acceptors (Lipinski definition) is 5. The number of nitrogen functional groups attached to an aromatic ring is 1. The Balaban J connectivity index is 1.56. The van der Waals surface area contributed by atoms with Crippen molar-refractivity contribution in [1.29, 1.82) is 0 Å². The molecule has 1 fully saturated rings. The first-order valence-electron chi connectivity index (χ1n) is 8.34. The van der Waals surface area contributed by atoms with Gasteiger partial charge in [-0.2, -0.15) is 11.8 Å². The highest BCUT2D eigenvalue weighted by atomic mass is 32.2. The lowest BCUT2D eigenvalue weighted by Crippen LogP contribution is -2.44. The molecule has 1 aromatic carbocycles. The van der Waals surface area contributed by atoms with Gasteiger partial charge < -0.3 is 10.2 Å². The van der Waals surface area contributed by atoms with Crippen molar-refractivity contribution in [1.82, 2.24) is 15.3 Å². The number of aromatic nitrogens is 1. The number of thioether (sulfide) groups is 1. The lowest BCUT2D eigenvalue weighted by Gasteiger charge is -2.32. The van der Waals surface area contributed by atoms with Crippen LogP contribution < -0.4 is 16.6 Å². The van der Waals surface area contributed by atoms with Gasteiger partial charge in [0.2, 0.25) is 0 Å². The summed E-state index contributed by atoms with van der Waals surface area (Å²) in [6, 6.07) is 12.9. The van der Waals surface area contributed by atoms with E-state index in [1.807, 2.05) is 53.1 Å². The summed E-state index contributed by atoms with van der Waals surface area (Å²) >= 11 is 1.84. The van der Waals surface area contributed by atoms with Crippen molar-refractivity contribution in [2.75, 3.05) is 24.2 Å². The van der Waals surface area contributed by atoms with Crippen molar-refractivity contribution in [2.24, 2.45) is 5.84 Å². The van der Waals surface area contributed by atoms with E-state index in [1.54, 1.807) is 6.07 Å². The minimum atomic E-state index is -0.361. The molecule has 0 bridgehead atoms. The fourth-order valence-electron chi connectivity index (χ4n) is 2.75. The van der Waals surface area contributed by atoms with Gasteiger partial charge >= 0.3 is 6.03 Å². The van der Waals surface area contributed by atoms with Gasteiger partial charge in [0.15, 0.2) is 0 Å². The van der Waals surface area contributed by atoms with Crippen molar-refractivity contribution >= 4 is 29.4 Å². The summed E-state index contributed by atoms with van der Waals surface area (Å²) in [6.45, 7) is 1.39. The molecule has 4 N–H and O–H groups in total. The zero-order valence-corrected chi connectivity index (χ0v) is 15.0. The van der Waals surface area contributed by atoms with Crippen molar-refractivity contribution < 1.29 is 9.59 Å². The van der Waals surface area contributed by atoms with Crippen LogP contribution in [0.3, 0.4) is 0 Å². The second kappa shape index (κ2) is 8.68. The number of carbonyl (C=O) groups excluding carboxylic acids is 2. The summed E-state index contributed by atoms with van der Waals surface area (Å²) in [5, 5.41) is 3.20. The Labute approximate surface area is 156 Å². The average molecular weight is 371 g/mol. The maximum atomic E-state index is 12.5. The van der Waals surface area contributed by atoms with E-state index in [0.29, 0.717) is 12.1 Å². The maximum Gasteiger partial charge on any atom is 0.321 e. The second-order valence-corrected chi connectivity index (χ2v) is 7.36. The normalized spacial score (nSPS) is 16.8. The van der Waals surface area contributed by atoms with Crippen LogP contribution in [0.25, 0.3) is 0 Å². The van der Waals surface area contributed by atoms with E-state index in [4.69, 9.17) is 5.84 Å². The number of amides is 3. The average Bonchev–Trinajstić information content (AvgIpc) is 2.69. The first-order valence-corrected chi connectivity index (χ1v) is 9.39. The molecule has 0 aliphatic carbocycles. The molecule has 3 rings (SSSR count). The molecule has 1 saturated heterocycles. The number of nitrogens with two attached hydrogens (primary N) is 1. The van der Waals surface area contributed by atoms with E-state index in [1.165, 1.54) is 6.20 Å². The largest absolute Gasteiger partial charge is 0.323 e. The predicted octanol–water partition coefficient (Wildman–Crippen LogP) is 1.88. The molecular weight excluding hydrogens is 350 g/mol. The van der Waals surface area contributed by atoms with Gasteiger partial charge in [-0.3, -0.25) is 15.2 Å². The van der Waals surface area contributed by atoms with E-state index in [2.05, 4.69) is 15.7 Å². The van der Waals surface area contributed by atoms with Crippen molar-refractivity contribution in [3.8, 4) is 0 Å². The second-order valence-electron chi connectivity index (χ2n) is 5.95. The highest BCUT2D eigenvalue weighted by molar-refractivity contribution is 8.00. The molecule has 2 heterocycles. The number of hydrazine groups is 1. The molecule has 3 amide bonds. The SMILES string of the molecule is NNC(=O)c1ccc(CC2CN(C(=O)Nc3ccccc3)CCS2)nc1. The van der Waals surface area contributed by atoms with E-state index < -0.39 is 0 Å². The highest BCUT2D eigenvalue weighted by Gasteiger charge is 2.24. The summed E-state index contributed by atoms with van der Waals surface area (Å²) in [5.41, 5.74) is 4.20. The molecule has 0 radical (unpaired) electrons. The fraction of sp³-hybridized carbons (Fsp3) is 0.278. The minimum Gasteiger partial charge on any atom is -0.323 e. The number of urea groups is 1. The van der Waals surface area contributed by atoms with Crippen LogP contribution in [0.2, 0.25) is 0 Å². The lowest BCUT2D eigenvalue weighted by atomic mass is 10.1. The van der Waals surface area contributed by atoms with Crippen LogP contribution >= 0.6 is 11.8 Å². The van der Waals surface area contributed by atoms with Gasteiger partial charge in [0.1, 0.15) is 0 Å². The molecule has 1 aliphatic heterocycles. The molecule has 1 unspecified atom stereocenters. The zero-order valence-electron chi connectivity index (χ0n) is 14.2. The number of benzene rings is 1. The van der Waals surface area contributed by atoms with Crippen LogP contribution in [0.1, 0.15) is 16.1 Å². The van der Waals surface area contributed by atoms with E-state index in [0.717, 1.165) is 30.1 Å². The van der Waals surface area contributed by atoms with Gasteiger partial charge in [-0.25, -0.2) is 10.6 Å². The standard InChI is InChI=1S/C18H21N5O2S/c19-22-17(24)13-6-7-15(20-11-13)10-16-12-23(8-9-26-16)18(25)21-14-4-2-1-3-5-14/h1-7,11,16H,8-10,12,19H2,(H,21,25)(H,22,24). The monoisotopic (exact) mass is 371 g/mol. The third-order valence-electron chi connectivity index (χ3n) is 4.11. The number of hydrogen-bond donors (Lipinski definition) is 3. The summed E-state index contributed by atoms with van der Waals surface area (Å²) in [6.07, 6.45) is 2.26. The van der Waals surface area contributed by atoms with Gasteiger partial charge in [0, 0.05) is 48.1 Å². The first-order chi connectivity index (χ1) is 12.7. The zero-order chi connectivity index (χ0) is 18.4. The van der Waals surface area contributed by atoms with Gasteiger partial charge in [-0.15, -0.1) is 0 Å². The fourth-order valence-corrected chi connectivity index (χ4v) is 3.98. The first kappa shape index (κ1) is 18.2. The Kier molecular flexibility index (Phi) is 6.08. The third kappa shape index (κ3) is 4.74. The Morgan fingerprint density at radius 3 is 2.73 bits per heavy atom. The lowest BCUT2D eigenvalue weighted by molar-refractivity contribution is 0.0953. The van der Waals surface area contributed by atoms with Crippen LogP contribution in [0, 0.1) is 0 Å². The van der Waals surface area contributed by atoms with Crippen LogP contribution in [-0.2, 0) is 6.42 Å². The van der Waals surface area contributed by atoms with Gasteiger partial charge in [0.05, 0.1) is 5.56 Å². The smallest absolute Gasteiger partial charge is 0.321 e. The van der Waals surface area contributed by atoms with Crippen LogP contribution in [0.5, 0.6) is 0 Å². The van der Waals surface area contributed by atoms with Gasteiger partial charge in [-0.05, 0) is 24.3 Å². The van der Waals surface area contributed by atoms with E-state index in [-0.39, 0.29) is 17.2 Å². The number of carbonyl (C=O) groups is 2. The number of nitrogens with zero attached hydrogens (tertiary/aromatic N) is 2. The third-order valence-corrected chi connectivity index (χ3v) is 5.31. The predicted molar refractivity (Wildman–Crippen MR) is 103 cm³/mol. The molecule has 8 heteroatoms. The molecule has 0 spiro atoms. The molecule has 2 aromatic rings. The molecule has 1 atom stereocenters. The number of pyridine rings is 1.